The van der Waals surface area contributed by atoms with Gasteiger partial charge in [0.15, 0.2) is 11.4 Å². The van der Waals surface area contributed by atoms with Crippen molar-refractivity contribution in [2.75, 3.05) is 19.1 Å². The van der Waals surface area contributed by atoms with Crippen LogP contribution >= 0.6 is 0 Å². The lowest BCUT2D eigenvalue weighted by atomic mass is 10.3. The van der Waals surface area contributed by atoms with Crippen LogP contribution in [0, 0.1) is 0 Å². The number of hydrogen-bond acceptors (Lipinski definition) is 6. The van der Waals surface area contributed by atoms with Crippen LogP contribution in [0.1, 0.15) is 34.8 Å². The molecule has 2 N–H and O–H groups in total. The minimum absolute atomic E-state index is 0.00454. The number of nitrogens with two attached hydrogens (primary N) is 1. The van der Waals surface area contributed by atoms with Crippen molar-refractivity contribution in [1.82, 2.24) is 9.89 Å². The number of nitrogens with zero attached hydrogens (tertiary/aromatic N) is 2. The molecular weight excluding hydrogens is 214 g/mol. The van der Waals surface area contributed by atoms with E-state index in [1.165, 1.54) is 6.07 Å². The van der Waals surface area contributed by atoms with Crippen molar-refractivity contribution in [3.05, 3.63) is 17.5 Å². The fraction of sp³-hybridized carbons (Fsp3) is 0.444. The first-order valence-corrected chi connectivity index (χ1v) is 4.79. The third-order valence-electron chi connectivity index (χ3n) is 1.70. The van der Waals surface area contributed by atoms with Crippen molar-refractivity contribution >= 4 is 11.9 Å². The van der Waals surface area contributed by atoms with Crippen LogP contribution in [-0.4, -0.2) is 35.0 Å². The van der Waals surface area contributed by atoms with Crippen molar-refractivity contribution in [3.8, 4) is 0 Å². The zero-order chi connectivity index (χ0) is 12.1. The Labute approximate surface area is 92.1 Å². The van der Waals surface area contributed by atoms with Crippen LogP contribution in [0.15, 0.2) is 6.07 Å². The van der Waals surface area contributed by atoms with Gasteiger partial charge in [0, 0.05) is 6.07 Å². The number of rotatable bonds is 4. The summed E-state index contributed by atoms with van der Waals surface area (Å²) < 4.78 is 9.44. The molecule has 0 aromatic carbocycles. The van der Waals surface area contributed by atoms with E-state index in [1.807, 2.05) is 0 Å². The standard InChI is InChI=1S/C9H13N3O4/c1-3-15-8(13)6-5-7(12(10)11-6)9(14)16-4-2/h5H,3-4,10H2,1-2H3. The molecular formula is C9H13N3O4. The highest BCUT2D eigenvalue weighted by Gasteiger charge is 2.19. The lowest BCUT2D eigenvalue weighted by Gasteiger charge is -1.99. The summed E-state index contributed by atoms with van der Waals surface area (Å²) in [4.78, 5) is 23.4. The van der Waals surface area contributed by atoms with Gasteiger partial charge in [-0.05, 0) is 13.8 Å². The van der Waals surface area contributed by atoms with Gasteiger partial charge in [0.1, 0.15) is 0 Å². The average molecular weight is 227 g/mol. The van der Waals surface area contributed by atoms with E-state index in [9.17, 15) is 9.59 Å². The van der Waals surface area contributed by atoms with Crippen molar-refractivity contribution in [3.63, 3.8) is 0 Å². The number of esters is 2. The summed E-state index contributed by atoms with van der Waals surface area (Å²) in [5.74, 6) is 4.14. The van der Waals surface area contributed by atoms with E-state index in [4.69, 9.17) is 15.3 Å². The largest absolute Gasteiger partial charge is 0.461 e. The van der Waals surface area contributed by atoms with Crippen molar-refractivity contribution in [2.24, 2.45) is 0 Å². The van der Waals surface area contributed by atoms with E-state index in [1.54, 1.807) is 13.8 Å². The molecule has 16 heavy (non-hydrogen) atoms. The predicted molar refractivity (Wildman–Crippen MR) is 54.3 cm³/mol. The maximum absolute atomic E-state index is 11.3. The summed E-state index contributed by atoms with van der Waals surface area (Å²) in [6.07, 6.45) is 0. The smallest absolute Gasteiger partial charge is 0.358 e. The van der Waals surface area contributed by atoms with Gasteiger partial charge in [0.05, 0.1) is 13.2 Å². The van der Waals surface area contributed by atoms with Crippen LogP contribution < -0.4 is 5.84 Å². The third-order valence-corrected chi connectivity index (χ3v) is 1.70. The molecule has 0 aliphatic heterocycles. The Hall–Kier alpha value is -2.05. The molecule has 0 bridgehead atoms. The molecule has 0 radical (unpaired) electrons. The van der Waals surface area contributed by atoms with Gasteiger partial charge < -0.3 is 15.3 Å². The van der Waals surface area contributed by atoms with Gasteiger partial charge in [-0.1, -0.05) is 0 Å². The normalized spacial score (nSPS) is 9.88. The van der Waals surface area contributed by atoms with Crippen LogP contribution in [0.25, 0.3) is 0 Å². The Morgan fingerprint density at radius 1 is 1.31 bits per heavy atom. The maximum atomic E-state index is 11.3. The molecule has 0 spiro atoms. The topological polar surface area (TPSA) is 96.4 Å². The number of ether oxygens (including phenoxy) is 2. The molecule has 7 heteroatoms. The monoisotopic (exact) mass is 227 g/mol. The van der Waals surface area contributed by atoms with Gasteiger partial charge in [-0.25, -0.2) is 9.59 Å². The molecule has 0 saturated carbocycles. The van der Waals surface area contributed by atoms with Crippen LogP contribution in [0.5, 0.6) is 0 Å². The summed E-state index contributed by atoms with van der Waals surface area (Å²) in [7, 11) is 0. The number of aromatic nitrogens is 2. The highest BCUT2D eigenvalue weighted by atomic mass is 16.5. The quantitative estimate of drug-likeness (QED) is 0.572. The summed E-state index contributed by atoms with van der Waals surface area (Å²) in [6.45, 7) is 3.79. The highest BCUT2D eigenvalue weighted by molar-refractivity contribution is 5.93. The zero-order valence-electron chi connectivity index (χ0n) is 9.10. The number of hydrogen-bond donors (Lipinski definition) is 1. The van der Waals surface area contributed by atoms with Crippen molar-refractivity contribution in [2.45, 2.75) is 13.8 Å². The number of carbonyl (C=O) groups is 2. The van der Waals surface area contributed by atoms with Gasteiger partial charge in [-0.3, -0.25) is 0 Å². The molecule has 1 rings (SSSR count). The van der Waals surface area contributed by atoms with Crippen LogP contribution in [0.4, 0.5) is 0 Å². The lowest BCUT2D eigenvalue weighted by molar-refractivity contribution is 0.0508. The van der Waals surface area contributed by atoms with Gasteiger partial charge in [0.25, 0.3) is 0 Å². The van der Waals surface area contributed by atoms with Gasteiger partial charge in [0.2, 0.25) is 0 Å². The average Bonchev–Trinajstić information content (AvgIpc) is 2.61. The molecule has 0 aliphatic rings. The number of nitrogen functional groups attached to an aromatic ring is 1. The van der Waals surface area contributed by atoms with E-state index in [0.29, 0.717) is 0 Å². The van der Waals surface area contributed by atoms with E-state index in [0.717, 1.165) is 4.79 Å². The summed E-state index contributed by atoms with van der Waals surface area (Å²) in [5, 5.41) is 3.65. The minimum atomic E-state index is -0.631. The third kappa shape index (κ3) is 2.50. The molecule has 1 heterocycles. The second kappa shape index (κ2) is 5.15. The molecule has 0 fully saturated rings. The Morgan fingerprint density at radius 3 is 2.44 bits per heavy atom. The fourth-order valence-electron chi connectivity index (χ4n) is 1.06. The Kier molecular flexibility index (Phi) is 3.87. The first-order chi connectivity index (χ1) is 7.60. The number of carbonyl (C=O) groups excluding carboxylic acids is 2. The summed E-state index contributed by atoms with van der Waals surface area (Å²) in [5.41, 5.74) is -0.0164. The van der Waals surface area contributed by atoms with E-state index in [-0.39, 0.29) is 24.6 Å². The molecule has 0 saturated heterocycles. The first kappa shape index (κ1) is 12.0. The molecule has 1 aromatic rings. The Morgan fingerprint density at radius 2 is 1.88 bits per heavy atom. The van der Waals surface area contributed by atoms with Crippen LogP contribution in [0.3, 0.4) is 0 Å². The Balaban J connectivity index is 2.89. The van der Waals surface area contributed by atoms with E-state index in [2.05, 4.69) is 5.10 Å². The molecule has 0 unspecified atom stereocenters. The minimum Gasteiger partial charge on any atom is -0.461 e. The first-order valence-electron chi connectivity index (χ1n) is 4.79. The second-order valence-electron chi connectivity index (χ2n) is 2.80. The summed E-state index contributed by atoms with van der Waals surface area (Å²) >= 11 is 0. The molecule has 0 atom stereocenters. The molecule has 1 aromatic heterocycles. The SMILES string of the molecule is CCOC(=O)c1cc(C(=O)OCC)n(N)n1. The van der Waals surface area contributed by atoms with Gasteiger partial charge in [-0.2, -0.15) is 4.79 Å². The Bertz CT molecular complexity index is 399. The molecule has 7 nitrogen and oxygen atoms in total. The van der Waals surface area contributed by atoms with Crippen molar-refractivity contribution in [1.29, 1.82) is 0 Å². The zero-order valence-corrected chi connectivity index (χ0v) is 9.10. The fourth-order valence-corrected chi connectivity index (χ4v) is 1.06. The van der Waals surface area contributed by atoms with Crippen LogP contribution in [0.2, 0.25) is 0 Å². The van der Waals surface area contributed by atoms with Gasteiger partial charge in [-0.15, -0.1) is 5.10 Å². The maximum Gasteiger partial charge on any atom is 0.358 e. The summed E-state index contributed by atoms with van der Waals surface area (Å²) in [6, 6.07) is 1.23. The lowest BCUT2D eigenvalue weighted by Crippen LogP contribution is -2.19. The van der Waals surface area contributed by atoms with Crippen LogP contribution in [-0.2, 0) is 9.47 Å². The van der Waals surface area contributed by atoms with E-state index >= 15 is 0 Å². The van der Waals surface area contributed by atoms with Crippen molar-refractivity contribution < 1.29 is 19.1 Å². The predicted octanol–water partition coefficient (Wildman–Crippen LogP) is -0.0497. The molecule has 0 amide bonds. The second-order valence-corrected chi connectivity index (χ2v) is 2.80. The highest BCUT2D eigenvalue weighted by Crippen LogP contribution is 2.05. The van der Waals surface area contributed by atoms with Gasteiger partial charge >= 0.3 is 11.9 Å². The molecule has 88 valence electrons. The van der Waals surface area contributed by atoms with E-state index < -0.39 is 11.9 Å². The molecule has 0 aliphatic carbocycles.